The molecule has 2 heterocycles. The van der Waals surface area contributed by atoms with Crippen molar-refractivity contribution in [2.45, 2.75) is 12.5 Å². The van der Waals surface area contributed by atoms with E-state index in [1.807, 2.05) is 6.07 Å². The van der Waals surface area contributed by atoms with E-state index in [0.717, 1.165) is 5.56 Å². The Morgan fingerprint density at radius 1 is 1.21 bits per heavy atom. The highest BCUT2D eigenvalue weighted by Crippen LogP contribution is 2.44. The van der Waals surface area contributed by atoms with Gasteiger partial charge < -0.3 is 15.0 Å². The van der Waals surface area contributed by atoms with E-state index in [1.54, 1.807) is 31.0 Å². The molecule has 7 nitrogen and oxygen atoms in total. The maximum absolute atomic E-state index is 13.6. The topological polar surface area (TPSA) is 72.3 Å². The first-order valence-electron chi connectivity index (χ1n) is 8.68. The van der Waals surface area contributed by atoms with Crippen molar-refractivity contribution in [3.8, 4) is 11.5 Å². The number of nitrogens with zero attached hydrogens (tertiary/aromatic N) is 4. The average molecular weight is 436 g/mol. The number of hydrogen-bond acceptors (Lipinski definition) is 5. The number of carbonyl (C=O) groups excluding carboxylic acids is 1. The molecule has 3 aromatic rings. The first-order chi connectivity index (χ1) is 13.8. The van der Waals surface area contributed by atoms with E-state index in [2.05, 4.69) is 15.6 Å². The summed E-state index contributed by atoms with van der Waals surface area (Å²) in [5.74, 6) is 0.163. The number of amides is 1. The molecule has 2 aromatic carbocycles. The Bertz CT molecular complexity index is 1100. The summed E-state index contributed by atoms with van der Waals surface area (Å²) in [5, 5.41) is 11.4. The Balaban J connectivity index is 1.70. The van der Waals surface area contributed by atoms with Gasteiger partial charge in [-0.2, -0.15) is 0 Å². The summed E-state index contributed by atoms with van der Waals surface area (Å²) in [6.07, 6.45) is 2.07. The number of halogens is 3. The number of anilines is 2. The van der Waals surface area contributed by atoms with Gasteiger partial charge in [-0.3, -0.25) is 9.48 Å². The SMILES string of the molecule is CN1C(=O)[C@H](Nc2cn(C)nn2)Cc2ccc(Cl)c(Oc3cc(F)ccc3Cl)c21. The number of rotatable bonds is 4. The van der Waals surface area contributed by atoms with Crippen LogP contribution in [0.5, 0.6) is 11.5 Å². The summed E-state index contributed by atoms with van der Waals surface area (Å²) in [5.41, 5.74) is 1.35. The van der Waals surface area contributed by atoms with Gasteiger partial charge in [0.1, 0.15) is 17.6 Å². The lowest BCUT2D eigenvalue weighted by Gasteiger charge is -2.33. The minimum Gasteiger partial charge on any atom is -0.452 e. The van der Waals surface area contributed by atoms with Gasteiger partial charge in [0.2, 0.25) is 5.91 Å². The highest BCUT2D eigenvalue weighted by atomic mass is 35.5. The van der Waals surface area contributed by atoms with Gasteiger partial charge in [-0.05, 0) is 23.8 Å². The fourth-order valence-electron chi connectivity index (χ4n) is 3.24. The third kappa shape index (κ3) is 3.73. The lowest BCUT2D eigenvalue weighted by Crippen LogP contribution is -2.46. The van der Waals surface area contributed by atoms with Gasteiger partial charge in [0.25, 0.3) is 0 Å². The van der Waals surface area contributed by atoms with Crippen molar-refractivity contribution in [3.63, 3.8) is 0 Å². The number of aromatic nitrogens is 3. The summed E-state index contributed by atoms with van der Waals surface area (Å²) in [4.78, 5) is 14.4. The number of fused-ring (bicyclic) bond motifs is 1. The van der Waals surface area contributed by atoms with Gasteiger partial charge in [0, 0.05) is 26.6 Å². The predicted octanol–water partition coefficient (Wildman–Crippen LogP) is 4.05. The van der Waals surface area contributed by atoms with Crippen molar-refractivity contribution in [1.29, 1.82) is 0 Å². The largest absolute Gasteiger partial charge is 0.452 e. The Hall–Kier alpha value is -2.84. The summed E-state index contributed by atoms with van der Waals surface area (Å²) in [6.45, 7) is 0. The molecule has 10 heteroatoms. The van der Waals surface area contributed by atoms with Crippen LogP contribution in [0.3, 0.4) is 0 Å². The Morgan fingerprint density at radius 2 is 1.97 bits per heavy atom. The number of aryl methyl sites for hydroxylation is 1. The molecule has 1 aromatic heterocycles. The molecule has 29 heavy (non-hydrogen) atoms. The summed E-state index contributed by atoms with van der Waals surface area (Å²) in [6, 6.07) is 6.76. The van der Waals surface area contributed by atoms with Crippen LogP contribution in [-0.2, 0) is 18.3 Å². The average Bonchev–Trinajstić information content (AvgIpc) is 3.09. The van der Waals surface area contributed by atoms with Crippen molar-refractivity contribution in [3.05, 3.63) is 58.0 Å². The van der Waals surface area contributed by atoms with Crippen LogP contribution in [0.15, 0.2) is 36.5 Å². The third-order valence-corrected chi connectivity index (χ3v) is 5.20. The highest BCUT2D eigenvalue weighted by molar-refractivity contribution is 6.33. The molecule has 0 saturated heterocycles. The number of hydrogen-bond donors (Lipinski definition) is 1. The van der Waals surface area contributed by atoms with Crippen LogP contribution in [0.1, 0.15) is 5.56 Å². The molecule has 150 valence electrons. The molecule has 0 spiro atoms. The first kappa shape index (κ1) is 19.5. The van der Waals surface area contributed by atoms with Gasteiger partial charge >= 0.3 is 0 Å². The third-order valence-electron chi connectivity index (χ3n) is 4.59. The maximum Gasteiger partial charge on any atom is 0.249 e. The molecule has 1 atom stereocenters. The normalized spacial score (nSPS) is 16.0. The fourth-order valence-corrected chi connectivity index (χ4v) is 3.59. The minimum atomic E-state index is -0.531. The second kappa shape index (κ2) is 7.53. The van der Waals surface area contributed by atoms with Crippen molar-refractivity contribution < 1.29 is 13.9 Å². The molecule has 0 fully saturated rings. The second-order valence-electron chi connectivity index (χ2n) is 6.64. The zero-order valence-corrected chi connectivity index (χ0v) is 17.0. The lowest BCUT2D eigenvalue weighted by molar-refractivity contribution is -0.119. The smallest absolute Gasteiger partial charge is 0.249 e. The van der Waals surface area contributed by atoms with Crippen molar-refractivity contribution >= 4 is 40.6 Å². The van der Waals surface area contributed by atoms with Gasteiger partial charge in [0.15, 0.2) is 11.6 Å². The van der Waals surface area contributed by atoms with Crippen LogP contribution in [0.25, 0.3) is 0 Å². The molecule has 0 radical (unpaired) electrons. The quantitative estimate of drug-likeness (QED) is 0.668. The van der Waals surface area contributed by atoms with Gasteiger partial charge in [-0.25, -0.2) is 4.39 Å². The Kier molecular flexibility index (Phi) is 5.06. The molecule has 1 amide bonds. The summed E-state index contributed by atoms with van der Waals surface area (Å²) < 4.78 is 21.0. The van der Waals surface area contributed by atoms with Crippen molar-refractivity contribution in [1.82, 2.24) is 15.0 Å². The lowest BCUT2D eigenvalue weighted by atomic mass is 9.97. The second-order valence-corrected chi connectivity index (χ2v) is 7.45. The molecular weight excluding hydrogens is 420 g/mol. The van der Waals surface area contributed by atoms with Crippen LogP contribution < -0.4 is 15.0 Å². The van der Waals surface area contributed by atoms with Crippen molar-refractivity contribution in [2.75, 3.05) is 17.3 Å². The molecule has 0 aliphatic carbocycles. The van der Waals surface area contributed by atoms with Crippen molar-refractivity contribution in [2.24, 2.45) is 7.05 Å². The fraction of sp³-hybridized carbons (Fsp3) is 0.211. The van der Waals surface area contributed by atoms with Crippen LogP contribution in [0, 0.1) is 5.82 Å². The van der Waals surface area contributed by atoms with E-state index >= 15 is 0 Å². The monoisotopic (exact) mass is 435 g/mol. The Labute approximate surface area is 176 Å². The van der Waals surface area contributed by atoms with Crippen LogP contribution >= 0.6 is 23.2 Å². The number of likely N-dealkylation sites (N-methyl/N-ethyl adjacent to an activating group) is 1. The molecule has 1 aliphatic heterocycles. The first-order valence-corrected chi connectivity index (χ1v) is 9.44. The number of benzene rings is 2. The van der Waals surface area contributed by atoms with Gasteiger partial charge in [0.05, 0.1) is 21.9 Å². The molecule has 1 N–H and O–H groups in total. The molecular formula is C19H16Cl2FN5O2. The van der Waals surface area contributed by atoms with E-state index in [1.165, 1.54) is 23.1 Å². The standard InChI is InChI=1S/C19H16Cl2FN5O2/c1-26-9-16(24-25-26)23-14-7-10-3-5-13(21)18(17(10)27(2)19(14)28)29-15-8-11(22)4-6-12(15)20/h3-6,8-9,14,23H,7H2,1-2H3/t14-/m1/s1. The Morgan fingerprint density at radius 3 is 2.69 bits per heavy atom. The van der Waals surface area contributed by atoms with E-state index < -0.39 is 11.9 Å². The van der Waals surface area contributed by atoms with Crippen LogP contribution in [0.4, 0.5) is 15.9 Å². The molecule has 1 aliphatic rings. The highest BCUT2D eigenvalue weighted by Gasteiger charge is 2.34. The van der Waals surface area contributed by atoms with Crippen LogP contribution in [0.2, 0.25) is 10.0 Å². The van der Waals surface area contributed by atoms with E-state index in [0.29, 0.717) is 17.9 Å². The predicted molar refractivity (Wildman–Crippen MR) is 108 cm³/mol. The zero-order valence-electron chi connectivity index (χ0n) is 15.5. The van der Waals surface area contributed by atoms with Crippen LogP contribution in [-0.4, -0.2) is 34.0 Å². The number of nitrogens with one attached hydrogen (secondary N) is 1. The minimum absolute atomic E-state index is 0.114. The summed E-state index contributed by atoms with van der Waals surface area (Å²) in [7, 11) is 3.37. The molecule has 0 unspecified atom stereocenters. The molecule has 0 saturated carbocycles. The zero-order chi connectivity index (χ0) is 20.7. The van der Waals surface area contributed by atoms with E-state index in [4.69, 9.17) is 27.9 Å². The summed E-state index contributed by atoms with van der Waals surface area (Å²) >= 11 is 12.5. The molecule has 4 rings (SSSR count). The van der Waals surface area contributed by atoms with Gasteiger partial charge in [-0.15, -0.1) is 5.10 Å². The maximum atomic E-state index is 13.6. The van der Waals surface area contributed by atoms with E-state index in [9.17, 15) is 9.18 Å². The number of ether oxygens (including phenoxy) is 1. The van der Waals surface area contributed by atoms with Gasteiger partial charge in [-0.1, -0.05) is 34.5 Å². The number of carbonyl (C=O) groups is 1. The van der Waals surface area contributed by atoms with E-state index in [-0.39, 0.29) is 27.5 Å². The molecule has 0 bridgehead atoms.